The summed E-state index contributed by atoms with van der Waals surface area (Å²) in [7, 11) is 0. The Morgan fingerprint density at radius 1 is 1.10 bits per heavy atom. The van der Waals surface area contributed by atoms with Crippen molar-refractivity contribution in [2.75, 3.05) is 13.2 Å². The number of benzene rings is 1. The molecule has 3 aliphatic rings. The van der Waals surface area contributed by atoms with Gasteiger partial charge in [0.15, 0.2) is 6.29 Å². The van der Waals surface area contributed by atoms with Gasteiger partial charge in [-0.3, -0.25) is 0 Å². The maximum absolute atomic E-state index is 11.1. The highest BCUT2D eigenvalue weighted by Crippen LogP contribution is 2.51. The molecule has 3 heterocycles. The average molecular weight is 292 g/mol. The van der Waals surface area contributed by atoms with Gasteiger partial charge in [-0.15, -0.1) is 0 Å². The molecule has 0 aromatic heterocycles. The van der Waals surface area contributed by atoms with Crippen molar-refractivity contribution in [2.24, 2.45) is 0 Å². The molecule has 3 aliphatic heterocycles. The minimum absolute atomic E-state index is 0.256. The van der Waals surface area contributed by atoms with Crippen molar-refractivity contribution in [2.45, 2.75) is 48.1 Å². The molecule has 1 aromatic rings. The largest absolute Gasteiger partial charge is 0.385 e. The standard InChI is InChI=1S/C16H20O3S/c17-16(9-13-4-5-14(10-16)20-13)12-3-1-2-11(8-12)15-18-6-7-19-15/h1-3,8,13-15,17H,4-7,9-10H2. The Hall–Kier alpha value is -0.550. The lowest BCUT2D eigenvalue weighted by atomic mass is 9.85. The van der Waals surface area contributed by atoms with E-state index in [2.05, 4.69) is 17.8 Å². The van der Waals surface area contributed by atoms with E-state index >= 15 is 0 Å². The molecular formula is C16H20O3S. The molecule has 3 saturated heterocycles. The molecule has 2 atom stereocenters. The zero-order valence-corrected chi connectivity index (χ0v) is 12.3. The molecule has 108 valence electrons. The third kappa shape index (κ3) is 2.29. The average Bonchev–Trinajstić information content (AvgIpc) is 3.09. The minimum Gasteiger partial charge on any atom is -0.385 e. The van der Waals surface area contributed by atoms with Gasteiger partial charge in [-0.05, 0) is 37.3 Å². The lowest BCUT2D eigenvalue weighted by molar-refractivity contribution is -0.0446. The summed E-state index contributed by atoms with van der Waals surface area (Å²) in [5, 5.41) is 12.3. The van der Waals surface area contributed by atoms with E-state index < -0.39 is 5.60 Å². The van der Waals surface area contributed by atoms with Crippen LogP contribution in [0.25, 0.3) is 0 Å². The fourth-order valence-electron chi connectivity index (χ4n) is 3.68. The number of hydrogen-bond acceptors (Lipinski definition) is 4. The van der Waals surface area contributed by atoms with E-state index in [0.29, 0.717) is 23.7 Å². The Morgan fingerprint density at radius 3 is 2.50 bits per heavy atom. The van der Waals surface area contributed by atoms with E-state index in [9.17, 15) is 5.11 Å². The molecule has 4 rings (SSSR count). The molecule has 4 heteroatoms. The Balaban J connectivity index is 1.62. The topological polar surface area (TPSA) is 38.7 Å². The maximum atomic E-state index is 11.1. The molecule has 0 aliphatic carbocycles. The highest BCUT2D eigenvalue weighted by molar-refractivity contribution is 8.00. The van der Waals surface area contributed by atoms with Crippen LogP contribution < -0.4 is 0 Å². The minimum atomic E-state index is -0.661. The fourth-order valence-corrected chi connectivity index (χ4v) is 5.51. The molecule has 20 heavy (non-hydrogen) atoms. The normalized spacial score (nSPS) is 37.5. The highest BCUT2D eigenvalue weighted by atomic mass is 32.2. The van der Waals surface area contributed by atoms with Gasteiger partial charge in [0.2, 0.25) is 0 Å². The Bertz CT molecular complexity index is 486. The number of rotatable bonds is 2. The highest BCUT2D eigenvalue weighted by Gasteiger charge is 2.44. The first kappa shape index (κ1) is 13.1. The van der Waals surface area contributed by atoms with Crippen molar-refractivity contribution < 1.29 is 14.6 Å². The van der Waals surface area contributed by atoms with Crippen LogP contribution in [0.5, 0.6) is 0 Å². The van der Waals surface area contributed by atoms with Crippen LogP contribution in [0.2, 0.25) is 0 Å². The van der Waals surface area contributed by atoms with Crippen molar-refractivity contribution in [3.63, 3.8) is 0 Å². The van der Waals surface area contributed by atoms with Crippen molar-refractivity contribution in [1.82, 2.24) is 0 Å². The second-order valence-electron chi connectivity index (χ2n) is 6.10. The predicted octanol–water partition coefficient (Wildman–Crippen LogP) is 2.98. The summed E-state index contributed by atoms with van der Waals surface area (Å²) in [6, 6.07) is 8.16. The van der Waals surface area contributed by atoms with Gasteiger partial charge in [-0.2, -0.15) is 11.8 Å². The molecular weight excluding hydrogens is 272 g/mol. The zero-order valence-electron chi connectivity index (χ0n) is 11.5. The van der Waals surface area contributed by atoms with Crippen molar-refractivity contribution in [1.29, 1.82) is 0 Å². The van der Waals surface area contributed by atoms with Gasteiger partial charge in [0.1, 0.15) is 0 Å². The van der Waals surface area contributed by atoms with Crippen LogP contribution in [-0.4, -0.2) is 28.8 Å². The molecule has 3 fully saturated rings. The van der Waals surface area contributed by atoms with Crippen LogP contribution >= 0.6 is 11.8 Å². The number of fused-ring (bicyclic) bond motifs is 2. The SMILES string of the molecule is OC1(c2cccc(C3OCCO3)c2)CC2CCC(C1)S2. The molecule has 3 nitrogen and oxygen atoms in total. The van der Waals surface area contributed by atoms with Crippen LogP contribution in [0.15, 0.2) is 24.3 Å². The third-order valence-electron chi connectivity index (χ3n) is 4.64. The van der Waals surface area contributed by atoms with Crippen LogP contribution in [0.3, 0.4) is 0 Å². The van der Waals surface area contributed by atoms with Crippen LogP contribution in [0.1, 0.15) is 43.1 Å². The first-order valence-electron chi connectivity index (χ1n) is 7.44. The summed E-state index contributed by atoms with van der Waals surface area (Å²) in [6.07, 6.45) is 4.01. The Labute approximate surface area is 123 Å². The fraction of sp³-hybridized carbons (Fsp3) is 0.625. The van der Waals surface area contributed by atoms with E-state index in [4.69, 9.17) is 9.47 Å². The van der Waals surface area contributed by atoms with Gasteiger partial charge < -0.3 is 14.6 Å². The lowest BCUT2D eigenvalue weighted by Gasteiger charge is -2.36. The van der Waals surface area contributed by atoms with E-state index in [-0.39, 0.29) is 6.29 Å². The summed E-state index contributed by atoms with van der Waals surface area (Å²) < 4.78 is 11.1. The number of ether oxygens (including phenoxy) is 2. The summed E-state index contributed by atoms with van der Waals surface area (Å²) in [4.78, 5) is 0. The molecule has 1 N–H and O–H groups in total. The second kappa shape index (κ2) is 5.02. The first-order chi connectivity index (χ1) is 9.73. The van der Waals surface area contributed by atoms with Crippen LogP contribution in [-0.2, 0) is 15.1 Å². The third-order valence-corrected chi connectivity index (χ3v) is 6.22. The summed E-state index contributed by atoms with van der Waals surface area (Å²) in [5.41, 5.74) is 1.40. The first-order valence-corrected chi connectivity index (χ1v) is 8.39. The van der Waals surface area contributed by atoms with E-state index in [0.717, 1.165) is 24.0 Å². The zero-order chi connectivity index (χ0) is 13.6. The molecule has 0 spiro atoms. The molecule has 2 bridgehead atoms. The van der Waals surface area contributed by atoms with Gasteiger partial charge in [0.25, 0.3) is 0 Å². The van der Waals surface area contributed by atoms with Crippen molar-refractivity contribution in [3.05, 3.63) is 35.4 Å². The van der Waals surface area contributed by atoms with Gasteiger partial charge >= 0.3 is 0 Å². The summed E-state index contributed by atoms with van der Waals surface area (Å²) in [6.45, 7) is 1.31. The summed E-state index contributed by atoms with van der Waals surface area (Å²) >= 11 is 2.07. The smallest absolute Gasteiger partial charge is 0.184 e. The van der Waals surface area contributed by atoms with Gasteiger partial charge in [0.05, 0.1) is 18.8 Å². The summed E-state index contributed by atoms with van der Waals surface area (Å²) in [5.74, 6) is 0. The van der Waals surface area contributed by atoms with Gasteiger partial charge in [-0.25, -0.2) is 0 Å². The predicted molar refractivity (Wildman–Crippen MR) is 78.6 cm³/mol. The number of thioether (sulfide) groups is 1. The molecule has 0 saturated carbocycles. The second-order valence-corrected chi connectivity index (χ2v) is 7.70. The van der Waals surface area contributed by atoms with Crippen molar-refractivity contribution >= 4 is 11.8 Å². The van der Waals surface area contributed by atoms with Crippen molar-refractivity contribution in [3.8, 4) is 0 Å². The number of aliphatic hydroxyl groups is 1. The Kier molecular flexibility index (Phi) is 3.30. The van der Waals surface area contributed by atoms with E-state index in [1.165, 1.54) is 12.8 Å². The maximum Gasteiger partial charge on any atom is 0.184 e. The van der Waals surface area contributed by atoms with Gasteiger partial charge in [0, 0.05) is 16.1 Å². The van der Waals surface area contributed by atoms with Crippen LogP contribution in [0, 0.1) is 0 Å². The molecule has 0 amide bonds. The van der Waals surface area contributed by atoms with Gasteiger partial charge in [-0.1, -0.05) is 18.2 Å². The van der Waals surface area contributed by atoms with E-state index in [1.807, 2.05) is 18.2 Å². The Morgan fingerprint density at radius 2 is 1.80 bits per heavy atom. The molecule has 1 aromatic carbocycles. The number of hydrogen-bond donors (Lipinski definition) is 1. The lowest BCUT2D eigenvalue weighted by Crippen LogP contribution is -2.34. The monoisotopic (exact) mass is 292 g/mol. The quantitative estimate of drug-likeness (QED) is 0.909. The van der Waals surface area contributed by atoms with E-state index in [1.54, 1.807) is 0 Å². The van der Waals surface area contributed by atoms with Crippen LogP contribution in [0.4, 0.5) is 0 Å². The molecule has 2 unspecified atom stereocenters. The molecule has 0 radical (unpaired) electrons.